The summed E-state index contributed by atoms with van der Waals surface area (Å²) in [5.41, 5.74) is 3.69. The lowest BCUT2D eigenvalue weighted by molar-refractivity contribution is 0.0486. The molecule has 1 fully saturated rings. The van der Waals surface area contributed by atoms with Crippen molar-refractivity contribution < 1.29 is 18.7 Å². The third-order valence-electron chi connectivity index (χ3n) is 5.44. The predicted octanol–water partition coefficient (Wildman–Crippen LogP) is 4.34. The summed E-state index contributed by atoms with van der Waals surface area (Å²) in [6.45, 7) is 1.96. The number of ether oxygens (including phenoxy) is 2. The van der Waals surface area contributed by atoms with Crippen molar-refractivity contribution in [3.05, 3.63) is 82.1 Å². The Morgan fingerprint density at radius 3 is 2.80 bits per heavy atom. The third-order valence-corrected chi connectivity index (χ3v) is 6.08. The van der Waals surface area contributed by atoms with Gasteiger partial charge in [0, 0.05) is 36.1 Å². The van der Waals surface area contributed by atoms with Crippen LogP contribution < -0.4 is 10.1 Å². The highest BCUT2D eigenvalue weighted by Gasteiger charge is 2.35. The van der Waals surface area contributed by atoms with E-state index in [0.29, 0.717) is 37.7 Å². The van der Waals surface area contributed by atoms with Crippen LogP contribution in [0.1, 0.15) is 34.5 Å². The van der Waals surface area contributed by atoms with Gasteiger partial charge >= 0.3 is 0 Å². The van der Waals surface area contributed by atoms with E-state index in [1.54, 1.807) is 35.8 Å². The van der Waals surface area contributed by atoms with Crippen LogP contribution in [0.15, 0.2) is 59.4 Å². The minimum absolute atomic E-state index is 0.184. The molecule has 0 atom stereocenters. The molecule has 0 aliphatic carbocycles. The number of nitrogens with zero attached hydrogens (tertiary/aromatic N) is 1. The molecule has 2 heterocycles. The molecule has 1 N–H and O–H groups in total. The molecule has 1 amide bonds. The molecule has 1 saturated heterocycles. The molecule has 2 aromatic carbocycles. The van der Waals surface area contributed by atoms with E-state index < -0.39 is 0 Å². The lowest BCUT2D eigenvalue weighted by Crippen LogP contribution is -2.44. The van der Waals surface area contributed by atoms with E-state index in [1.807, 2.05) is 17.5 Å². The number of hydrogen-bond donors (Lipinski definition) is 1. The molecular formula is C23H23FN2O3S. The zero-order valence-electron chi connectivity index (χ0n) is 16.5. The molecule has 0 bridgehead atoms. The summed E-state index contributed by atoms with van der Waals surface area (Å²) in [6, 6.07) is 13.7. The number of nitrogens with one attached hydrogen (secondary N) is 1. The molecule has 0 radical (unpaired) electrons. The molecule has 7 heteroatoms. The summed E-state index contributed by atoms with van der Waals surface area (Å²) in [5, 5.41) is 4.97. The van der Waals surface area contributed by atoms with Crippen LogP contribution in [0, 0.1) is 5.82 Å². The van der Waals surface area contributed by atoms with E-state index >= 15 is 0 Å². The number of carbonyl (C=O) groups is 1. The maximum Gasteiger partial charge on any atom is 0.251 e. The third kappa shape index (κ3) is 4.86. The Bertz CT molecular complexity index is 988. The fourth-order valence-electron chi connectivity index (χ4n) is 3.69. The minimum Gasteiger partial charge on any atom is -0.487 e. The Morgan fingerprint density at radius 1 is 1.20 bits per heavy atom. The molecule has 1 aliphatic rings. The summed E-state index contributed by atoms with van der Waals surface area (Å²) < 4.78 is 25.1. The van der Waals surface area contributed by atoms with E-state index in [2.05, 4.69) is 10.3 Å². The lowest BCUT2D eigenvalue weighted by atomic mass is 9.74. The van der Waals surface area contributed by atoms with Gasteiger partial charge in [-0.15, -0.1) is 11.3 Å². The Kier molecular flexibility index (Phi) is 6.40. The van der Waals surface area contributed by atoms with E-state index in [1.165, 1.54) is 17.4 Å². The van der Waals surface area contributed by atoms with Gasteiger partial charge in [0.25, 0.3) is 5.91 Å². The second-order valence-corrected chi connectivity index (χ2v) is 8.10. The van der Waals surface area contributed by atoms with Crippen LogP contribution in [0.2, 0.25) is 0 Å². The first-order valence-electron chi connectivity index (χ1n) is 9.87. The number of thiazole rings is 1. The van der Waals surface area contributed by atoms with Crippen LogP contribution in [-0.4, -0.2) is 30.6 Å². The molecule has 3 aromatic rings. The van der Waals surface area contributed by atoms with Gasteiger partial charge in [0.05, 0.1) is 11.2 Å². The monoisotopic (exact) mass is 426 g/mol. The summed E-state index contributed by atoms with van der Waals surface area (Å²) in [5.74, 6) is 0.160. The van der Waals surface area contributed by atoms with Crippen molar-refractivity contribution in [1.29, 1.82) is 0 Å². The molecular weight excluding hydrogens is 403 g/mol. The number of hydrogen-bond acceptors (Lipinski definition) is 5. The van der Waals surface area contributed by atoms with Crippen molar-refractivity contribution in [3.8, 4) is 5.75 Å². The van der Waals surface area contributed by atoms with Crippen molar-refractivity contribution in [2.24, 2.45) is 0 Å². The Morgan fingerprint density at radius 2 is 2.03 bits per heavy atom. The molecule has 1 aliphatic heterocycles. The highest BCUT2D eigenvalue weighted by atomic mass is 32.1. The Balaban J connectivity index is 1.44. The number of carbonyl (C=O) groups excluding carboxylic acids is 1. The second-order valence-electron chi connectivity index (χ2n) is 7.38. The Labute approximate surface area is 178 Å². The van der Waals surface area contributed by atoms with E-state index in [0.717, 1.165) is 24.1 Å². The number of benzene rings is 2. The standard InChI is InChI=1S/C23H23FN2O3S/c24-19-5-2-4-18(12-19)23(7-9-28-10-8-23)15-25-22(27)17-3-1-6-21(11-17)29-13-20-14-30-16-26-20/h1-6,11-12,14,16H,7-10,13,15H2,(H,25,27). The molecule has 156 valence electrons. The van der Waals surface area contributed by atoms with E-state index in [-0.39, 0.29) is 17.1 Å². The average Bonchev–Trinajstić information content (AvgIpc) is 3.31. The molecule has 5 nitrogen and oxygen atoms in total. The van der Waals surface area contributed by atoms with Crippen molar-refractivity contribution in [2.45, 2.75) is 24.9 Å². The zero-order chi connectivity index (χ0) is 20.8. The first-order chi connectivity index (χ1) is 14.6. The van der Waals surface area contributed by atoms with Gasteiger partial charge in [-0.25, -0.2) is 9.37 Å². The van der Waals surface area contributed by atoms with Crippen LogP contribution >= 0.6 is 11.3 Å². The van der Waals surface area contributed by atoms with Gasteiger partial charge < -0.3 is 14.8 Å². The van der Waals surface area contributed by atoms with Gasteiger partial charge in [0.15, 0.2) is 0 Å². The van der Waals surface area contributed by atoms with Gasteiger partial charge in [0.2, 0.25) is 0 Å². The van der Waals surface area contributed by atoms with Crippen LogP contribution in [0.4, 0.5) is 4.39 Å². The molecule has 30 heavy (non-hydrogen) atoms. The van der Waals surface area contributed by atoms with Crippen molar-refractivity contribution in [3.63, 3.8) is 0 Å². The van der Waals surface area contributed by atoms with E-state index in [9.17, 15) is 9.18 Å². The molecule has 0 unspecified atom stereocenters. The molecule has 1 aromatic heterocycles. The van der Waals surface area contributed by atoms with Crippen molar-refractivity contribution in [1.82, 2.24) is 10.3 Å². The van der Waals surface area contributed by atoms with Crippen LogP contribution in [0.5, 0.6) is 5.75 Å². The van der Waals surface area contributed by atoms with Gasteiger partial charge in [-0.05, 0) is 48.7 Å². The molecule has 4 rings (SSSR count). The lowest BCUT2D eigenvalue weighted by Gasteiger charge is -2.38. The maximum atomic E-state index is 13.8. The highest BCUT2D eigenvalue weighted by Crippen LogP contribution is 2.34. The quantitative estimate of drug-likeness (QED) is 0.611. The number of rotatable bonds is 7. The van der Waals surface area contributed by atoms with Crippen LogP contribution in [0.25, 0.3) is 0 Å². The first kappa shape index (κ1) is 20.5. The summed E-state index contributed by atoms with van der Waals surface area (Å²) in [7, 11) is 0. The normalized spacial score (nSPS) is 15.5. The zero-order valence-corrected chi connectivity index (χ0v) is 17.3. The average molecular weight is 427 g/mol. The highest BCUT2D eigenvalue weighted by molar-refractivity contribution is 7.07. The fraction of sp³-hybridized carbons (Fsp3) is 0.304. The van der Waals surface area contributed by atoms with Crippen LogP contribution in [-0.2, 0) is 16.8 Å². The maximum absolute atomic E-state index is 13.8. The smallest absolute Gasteiger partial charge is 0.251 e. The summed E-state index contributed by atoms with van der Waals surface area (Å²) >= 11 is 1.51. The van der Waals surface area contributed by atoms with Gasteiger partial charge in [0.1, 0.15) is 18.2 Å². The predicted molar refractivity (Wildman–Crippen MR) is 113 cm³/mol. The van der Waals surface area contributed by atoms with Crippen LogP contribution in [0.3, 0.4) is 0 Å². The van der Waals surface area contributed by atoms with Crippen molar-refractivity contribution in [2.75, 3.05) is 19.8 Å². The summed E-state index contributed by atoms with van der Waals surface area (Å²) in [4.78, 5) is 17.0. The fourth-order valence-corrected chi connectivity index (χ4v) is 4.24. The SMILES string of the molecule is O=C(NCC1(c2cccc(F)c2)CCOCC1)c1cccc(OCc2cscn2)c1. The summed E-state index contributed by atoms with van der Waals surface area (Å²) in [6.07, 6.45) is 1.46. The van der Waals surface area contributed by atoms with Crippen molar-refractivity contribution >= 4 is 17.2 Å². The molecule has 0 spiro atoms. The number of aromatic nitrogens is 1. The van der Waals surface area contributed by atoms with E-state index in [4.69, 9.17) is 9.47 Å². The first-order valence-corrected chi connectivity index (χ1v) is 10.8. The number of amides is 1. The van der Waals surface area contributed by atoms with Gasteiger partial charge in [-0.2, -0.15) is 0 Å². The minimum atomic E-state index is -0.339. The van der Waals surface area contributed by atoms with Gasteiger partial charge in [-0.1, -0.05) is 18.2 Å². The number of halogens is 1. The van der Waals surface area contributed by atoms with Gasteiger partial charge in [-0.3, -0.25) is 4.79 Å². The molecule has 0 saturated carbocycles. The largest absolute Gasteiger partial charge is 0.487 e. The topological polar surface area (TPSA) is 60.5 Å². The second kappa shape index (κ2) is 9.36. The Hall–Kier alpha value is -2.77.